The Labute approximate surface area is 123 Å². The fourth-order valence-electron chi connectivity index (χ4n) is 1.62. The summed E-state index contributed by atoms with van der Waals surface area (Å²) in [6, 6.07) is 4.50. The summed E-state index contributed by atoms with van der Waals surface area (Å²) < 4.78 is 13.1. The Morgan fingerprint density at radius 1 is 1.47 bits per heavy atom. The highest BCUT2D eigenvalue weighted by Crippen LogP contribution is 2.16. The van der Waals surface area contributed by atoms with Crippen LogP contribution in [0.4, 0.5) is 4.39 Å². The summed E-state index contributed by atoms with van der Waals surface area (Å²) in [5, 5.41) is 2.80. The molecule has 0 aliphatic carbocycles. The normalized spacial score (nSPS) is 11.6. The number of thioether (sulfide) groups is 1. The lowest BCUT2D eigenvalue weighted by Gasteiger charge is -2.11. The van der Waals surface area contributed by atoms with E-state index in [0.717, 1.165) is 16.9 Å². The molecule has 1 aromatic carbocycles. The van der Waals surface area contributed by atoms with Gasteiger partial charge in [-0.25, -0.2) is 4.39 Å². The van der Waals surface area contributed by atoms with Gasteiger partial charge in [0.25, 0.3) is 0 Å². The van der Waals surface area contributed by atoms with Crippen molar-refractivity contribution in [2.45, 2.75) is 31.7 Å². The molecular weight excluding hydrogens is 287 g/mol. The minimum atomic E-state index is -0.246. The van der Waals surface area contributed by atoms with Gasteiger partial charge in [0.05, 0.1) is 0 Å². The molecule has 0 aliphatic rings. The second kappa shape index (κ2) is 9.18. The van der Waals surface area contributed by atoms with Crippen molar-refractivity contribution in [1.82, 2.24) is 5.32 Å². The summed E-state index contributed by atoms with van der Waals surface area (Å²) in [6.07, 6.45) is 2.27. The van der Waals surface area contributed by atoms with Gasteiger partial charge in [0.1, 0.15) is 5.82 Å². The van der Waals surface area contributed by atoms with Crippen LogP contribution in [-0.2, 0) is 17.1 Å². The fourth-order valence-corrected chi connectivity index (χ4v) is 2.19. The van der Waals surface area contributed by atoms with Gasteiger partial charge in [-0.3, -0.25) is 4.79 Å². The van der Waals surface area contributed by atoms with Crippen LogP contribution in [0.15, 0.2) is 18.2 Å². The number of amides is 1. The zero-order chi connectivity index (χ0) is 13.5. The molecule has 0 saturated carbocycles. The summed E-state index contributed by atoms with van der Waals surface area (Å²) in [4.78, 5) is 11.5. The van der Waals surface area contributed by atoms with Crippen molar-refractivity contribution in [3.63, 3.8) is 0 Å². The van der Waals surface area contributed by atoms with Crippen LogP contribution < -0.4 is 11.1 Å². The lowest BCUT2D eigenvalue weighted by molar-refractivity contribution is -0.121. The van der Waals surface area contributed by atoms with Gasteiger partial charge in [0, 0.05) is 24.8 Å². The molecule has 0 heterocycles. The van der Waals surface area contributed by atoms with Crippen LogP contribution in [0.1, 0.15) is 24.5 Å². The number of carbonyl (C=O) groups excluding carboxylic acids is 1. The molecule has 1 aromatic rings. The first kappa shape index (κ1) is 18.2. The van der Waals surface area contributed by atoms with E-state index in [1.807, 2.05) is 6.26 Å². The molecular formula is C13H20ClFN2OS. The predicted octanol–water partition coefficient (Wildman–Crippen LogP) is 2.46. The molecule has 0 spiro atoms. The number of hydrogen-bond donors (Lipinski definition) is 2. The molecule has 19 heavy (non-hydrogen) atoms. The Kier molecular flexibility index (Phi) is 8.80. The van der Waals surface area contributed by atoms with E-state index < -0.39 is 0 Å². The van der Waals surface area contributed by atoms with Crippen molar-refractivity contribution < 1.29 is 9.18 Å². The molecule has 108 valence electrons. The van der Waals surface area contributed by atoms with E-state index in [4.69, 9.17) is 5.73 Å². The first-order chi connectivity index (χ1) is 8.52. The van der Waals surface area contributed by atoms with Gasteiger partial charge >= 0.3 is 0 Å². The van der Waals surface area contributed by atoms with Crippen LogP contribution >= 0.6 is 24.2 Å². The molecule has 0 fully saturated rings. The minimum Gasteiger partial charge on any atom is -0.352 e. The molecule has 1 unspecified atom stereocenters. The highest BCUT2D eigenvalue weighted by molar-refractivity contribution is 7.97. The molecule has 1 rings (SSSR count). The van der Waals surface area contributed by atoms with Crippen LogP contribution in [0.25, 0.3) is 0 Å². The number of halogens is 2. The molecule has 0 bridgehead atoms. The number of nitrogens with one attached hydrogen (secondary N) is 1. The molecule has 1 atom stereocenters. The smallest absolute Gasteiger partial charge is 0.221 e. The van der Waals surface area contributed by atoms with E-state index in [1.54, 1.807) is 24.8 Å². The van der Waals surface area contributed by atoms with E-state index in [-0.39, 0.29) is 30.2 Å². The monoisotopic (exact) mass is 306 g/mol. The molecule has 3 N–H and O–H groups in total. The maximum Gasteiger partial charge on any atom is 0.221 e. The van der Waals surface area contributed by atoms with Crippen LogP contribution in [0, 0.1) is 5.82 Å². The second-order valence-electron chi connectivity index (χ2n) is 4.30. The summed E-state index contributed by atoms with van der Waals surface area (Å²) in [7, 11) is 0. The average Bonchev–Trinajstić information content (AvgIpc) is 2.27. The largest absolute Gasteiger partial charge is 0.352 e. The van der Waals surface area contributed by atoms with E-state index >= 15 is 0 Å². The number of nitrogens with two attached hydrogens (primary N) is 1. The SMILES string of the molecule is CSCc1cc(F)ccc1CNC(=O)CC(C)N.Cl. The standard InChI is InChI=1S/C13H19FN2OS.ClH/c1-9(15)5-13(17)16-7-10-3-4-12(14)6-11(10)8-18-2;/h3-4,6,9H,5,7-8,15H2,1-2H3,(H,16,17);1H. The van der Waals surface area contributed by atoms with Crippen molar-refractivity contribution >= 4 is 30.1 Å². The first-order valence-corrected chi connectivity index (χ1v) is 7.21. The van der Waals surface area contributed by atoms with Gasteiger partial charge in [-0.2, -0.15) is 11.8 Å². The molecule has 6 heteroatoms. The van der Waals surface area contributed by atoms with E-state index in [9.17, 15) is 9.18 Å². The predicted molar refractivity (Wildman–Crippen MR) is 81.0 cm³/mol. The maximum absolute atomic E-state index is 13.1. The third-order valence-corrected chi connectivity index (χ3v) is 3.05. The highest BCUT2D eigenvalue weighted by atomic mass is 35.5. The topological polar surface area (TPSA) is 55.1 Å². The molecule has 0 aromatic heterocycles. The lowest BCUT2D eigenvalue weighted by Crippen LogP contribution is -2.29. The number of hydrogen-bond acceptors (Lipinski definition) is 3. The fraction of sp³-hybridized carbons (Fsp3) is 0.462. The third kappa shape index (κ3) is 6.80. The zero-order valence-electron chi connectivity index (χ0n) is 11.1. The van der Waals surface area contributed by atoms with Gasteiger partial charge in [-0.15, -0.1) is 12.4 Å². The molecule has 1 amide bonds. The number of benzene rings is 1. The Bertz CT molecular complexity index is 416. The molecule has 3 nitrogen and oxygen atoms in total. The van der Waals surface area contributed by atoms with E-state index in [2.05, 4.69) is 5.32 Å². The third-order valence-electron chi connectivity index (χ3n) is 2.45. The number of carbonyl (C=O) groups is 1. The summed E-state index contributed by atoms with van der Waals surface area (Å²) in [5.74, 6) is 0.408. The quantitative estimate of drug-likeness (QED) is 0.849. The van der Waals surface area contributed by atoms with Crippen molar-refractivity contribution in [2.75, 3.05) is 6.26 Å². The Hall–Kier alpha value is -0.780. The summed E-state index contributed by atoms with van der Waals surface area (Å²) in [6.45, 7) is 2.21. The van der Waals surface area contributed by atoms with Crippen LogP contribution in [0.3, 0.4) is 0 Å². The van der Waals surface area contributed by atoms with Gasteiger partial charge < -0.3 is 11.1 Å². The Balaban J connectivity index is 0.00000324. The molecule has 0 saturated heterocycles. The lowest BCUT2D eigenvalue weighted by atomic mass is 10.1. The Morgan fingerprint density at radius 2 is 2.16 bits per heavy atom. The number of rotatable bonds is 6. The highest BCUT2D eigenvalue weighted by Gasteiger charge is 2.07. The van der Waals surface area contributed by atoms with Crippen LogP contribution in [-0.4, -0.2) is 18.2 Å². The van der Waals surface area contributed by atoms with Crippen molar-refractivity contribution in [3.8, 4) is 0 Å². The van der Waals surface area contributed by atoms with Crippen molar-refractivity contribution in [3.05, 3.63) is 35.1 Å². The summed E-state index contributed by atoms with van der Waals surface area (Å²) in [5.41, 5.74) is 7.41. The minimum absolute atomic E-state index is 0. The van der Waals surface area contributed by atoms with Gasteiger partial charge in [-0.1, -0.05) is 6.07 Å². The van der Waals surface area contributed by atoms with E-state index in [0.29, 0.717) is 13.0 Å². The Morgan fingerprint density at radius 3 is 2.74 bits per heavy atom. The van der Waals surface area contributed by atoms with Gasteiger partial charge in [-0.05, 0) is 36.4 Å². The zero-order valence-corrected chi connectivity index (χ0v) is 12.7. The molecule has 0 aliphatic heterocycles. The van der Waals surface area contributed by atoms with Gasteiger partial charge in [0.2, 0.25) is 5.91 Å². The first-order valence-electron chi connectivity index (χ1n) is 5.81. The van der Waals surface area contributed by atoms with Crippen molar-refractivity contribution in [1.29, 1.82) is 0 Å². The summed E-state index contributed by atoms with van der Waals surface area (Å²) >= 11 is 1.62. The van der Waals surface area contributed by atoms with Gasteiger partial charge in [0.15, 0.2) is 0 Å². The molecule has 0 radical (unpaired) electrons. The second-order valence-corrected chi connectivity index (χ2v) is 5.17. The average molecular weight is 307 g/mol. The van der Waals surface area contributed by atoms with E-state index in [1.165, 1.54) is 12.1 Å². The van der Waals surface area contributed by atoms with Crippen molar-refractivity contribution in [2.24, 2.45) is 5.73 Å². The van der Waals surface area contributed by atoms with Crippen LogP contribution in [0.5, 0.6) is 0 Å². The van der Waals surface area contributed by atoms with Crippen LogP contribution in [0.2, 0.25) is 0 Å². The maximum atomic E-state index is 13.1.